The van der Waals surface area contributed by atoms with Crippen molar-refractivity contribution in [2.75, 3.05) is 13.2 Å². The second-order valence-corrected chi connectivity index (χ2v) is 5.33. The van der Waals surface area contributed by atoms with Gasteiger partial charge in [-0.05, 0) is 36.2 Å². The third-order valence-electron chi connectivity index (χ3n) is 3.29. The summed E-state index contributed by atoms with van der Waals surface area (Å²) in [5, 5.41) is 9.82. The zero-order valence-corrected chi connectivity index (χ0v) is 12.7. The normalized spacial score (nSPS) is 10.4. The summed E-state index contributed by atoms with van der Waals surface area (Å²) in [6, 6.07) is 14.9. The molecule has 0 unspecified atom stereocenters. The Morgan fingerprint density at radius 2 is 1.90 bits per heavy atom. The molecule has 0 spiro atoms. The molecule has 2 aromatic rings. The van der Waals surface area contributed by atoms with E-state index in [1.165, 1.54) is 0 Å². The van der Waals surface area contributed by atoms with Gasteiger partial charge in [-0.3, -0.25) is 4.79 Å². The molecule has 0 heterocycles. The van der Waals surface area contributed by atoms with Gasteiger partial charge in [-0.15, -0.1) is 0 Å². The maximum Gasteiger partial charge on any atom is 0.254 e. The van der Waals surface area contributed by atoms with Gasteiger partial charge in [0.1, 0.15) is 0 Å². The molecule has 0 saturated carbocycles. The molecular formula is C17H18ClNO2. The van der Waals surface area contributed by atoms with E-state index in [1.54, 1.807) is 23.1 Å². The number of halogens is 1. The molecule has 1 N–H and O–H groups in total. The van der Waals surface area contributed by atoms with Crippen molar-refractivity contribution in [1.82, 2.24) is 4.90 Å². The van der Waals surface area contributed by atoms with Crippen molar-refractivity contribution < 1.29 is 9.90 Å². The van der Waals surface area contributed by atoms with Gasteiger partial charge in [-0.1, -0.05) is 41.9 Å². The van der Waals surface area contributed by atoms with Gasteiger partial charge in [-0.2, -0.15) is 0 Å². The Hall–Kier alpha value is -1.84. The van der Waals surface area contributed by atoms with E-state index in [4.69, 9.17) is 11.6 Å². The molecule has 0 fully saturated rings. The molecule has 4 heteroatoms. The van der Waals surface area contributed by atoms with Crippen LogP contribution in [-0.4, -0.2) is 29.1 Å². The summed E-state index contributed by atoms with van der Waals surface area (Å²) in [5.41, 5.74) is 2.48. The lowest BCUT2D eigenvalue weighted by molar-refractivity contribution is 0.0707. The van der Waals surface area contributed by atoms with Crippen LogP contribution in [0.1, 0.15) is 21.5 Å². The van der Waals surface area contributed by atoms with E-state index < -0.39 is 0 Å². The van der Waals surface area contributed by atoms with Crippen molar-refractivity contribution in [3.63, 3.8) is 0 Å². The smallest absolute Gasteiger partial charge is 0.254 e. The van der Waals surface area contributed by atoms with Crippen molar-refractivity contribution in [1.29, 1.82) is 0 Å². The van der Waals surface area contributed by atoms with E-state index in [0.29, 0.717) is 23.7 Å². The van der Waals surface area contributed by atoms with Gasteiger partial charge in [0.25, 0.3) is 5.91 Å². The maximum atomic E-state index is 12.6. The molecule has 0 aliphatic rings. The van der Waals surface area contributed by atoms with E-state index in [2.05, 4.69) is 0 Å². The molecule has 0 aromatic heterocycles. The Morgan fingerprint density at radius 3 is 2.52 bits per heavy atom. The number of amides is 1. The van der Waals surface area contributed by atoms with Crippen molar-refractivity contribution >= 4 is 17.5 Å². The fourth-order valence-corrected chi connectivity index (χ4v) is 2.44. The Balaban J connectivity index is 2.23. The highest BCUT2D eigenvalue weighted by Gasteiger charge is 2.17. The highest BCUT2D eigenvalue weighted by atomic mass is 35.5. The van der Waals surface area contributed by atoms with E-state index in [-0.39, 0.29) is 12.5 Å². The number of hydrogen-bond acceptors (Lipinski definition) is 2. The molecule has 0 radical (unpaired) electrons. The van der Waals surface area contributed by atoms with Crippen LogP contribution in [0.2, 0.25) is 5.02 Å². The molecule has 0 saturated heterocycles. The quantitative estimate of drug-likeness (QED) is 0.921. The van der Waals surface area contributed by atoms with Crippen molar-refractivity contribution in [2.24, 2.45) is 0 Å². The van der Waals surface area contributed by atoms with Gasteiger partial charge in [0.2, 0.25) is 0 Å². The molecule has 1 amide bonds. The second kappa shape index (κ2) is 7.25. The molecule has 21 heavy (non-hydrogen) atoms. The highest BCUT2D eigenvalue weighted by Crippen LogP contribution is 2.18. The predicted molar refractivity (Wildman–Crippen MR) is 84.5 cm³/mol. The van der Waals surface area contributed by atoms with Gasteiger partial charge in [0, 0.05) is 23.7 Å². The van der Waals surface area contributed by atoms with Crippen molar-refractivity contribution in [3.8, 4) is 0 Å². The Kier molecular flexibility index (Phi) is 5.37. The zero-order valence-electron chi connectivity index (χ0n) is 11.9. The number of aryl methyl sites for hydroxylation is 1. The largest absolute Gasteiger partial charge is 0.395 e. The Labute approximate surface area is 129 Å². The number of rotatable bonds is 5. The number of benzene rings is 2. The second-order valence-electron chi connectivity index (χ2n) is 4.90. The lowest BCUT2D eigenvalue weighted by atomic mass is 10.1. The van der Waals surface area contributed by atoms with E-state index >= 15 is 0 Å². The summed E-state index contributed by atoms with van der Waals surface area (Å²) in [4.78, 5) is 14.3. The van der Waals surface area contributed by atoms with Crippen LogP contribution >= 0.6 is 11.6 Å². The summed E-state index contributed by atoms with van der Waals surface area (Å²) in [6.07, 6.45) is 0. The topological polar surface area (TPSA) is 40.5 Å². The highest BCUT2D eigenvalue weighted by molar-refractivity contribution is 6.30. The van der Waals surface area contributed by atoms with Crippen LogP contribution in [0.25, 0.3) is 0 Å². The molecule has 3 nitrogen and oxygen atoms in total. The van der Waals surface area contributed by atoms with Crippen LogP contribution in [-0.2, 0) is 6.54 Å². The summed E-state index contributed by atoms with van der Waals surface area (Å²) in [5.74, 6) is -0.0953. The number of hydrogen-bond donors (Lipinski definition) is 1. The fourth-order valence-electron chi connectivity index (χ4n) is 2.21. The minimum atomic E-state index is -0.0953. The Bertz CT molecular complexity index is 613. The summed E-state index contributed by atoms with van der Waals surface area (Å²) < 4.78 is 0. The standard InChI is InChI=1S/C17H18ClNO2/c1-13-11-15(18)7-8-16(13)17(21)19(9-10-20)12-14-5-3-2-4-6-14/h2-8,11,20H,9-10,12H2,1H3. The zero-order chi connectivity index (χ0) is 15.2. The van der Waals surface area contributed by atoms with Gasteiger partial charge in [0.15, 0.2) is 0 Å². The summed E-state index contributed by atoms with van der Waals surface area (Å²) in [7, 11) is 0. The van der Waals surface area contributed by atoms with Crippen LogP contribution < -0.4 is 0 Å². The lowest BCUT2D eigenvalue weighted by Crippen LogP contribution is -2.33. The molecule has 0 aliphatic carbocycles. The number of aliphatic hydroxyl groups is 1. The first kappa shape index (κ1) is 15.5. The lowest BCUT2D eigenvalue weighted by Gasteiger charge is -2.23. The van der Waals surface area contributed by atoms with Gasteiger partial charge in [-0.25, -0.2) is 0 Å². The Morgan fingerprint density at radius 1 is 1.19 bits per heavy atom. The summed E-state index contributed by atoms with van der Waals surface area (Å²) in [6.45, 7) is 2.57. The first-order chi connectivity index (χ1) is 10.1. The van der Waals surface area contributed by atoms with Crippen LogP contribution in [0.15, 0.2) is 48.5 Å². The van der Waals surface area contributed by atoms with Crippen LogP contribution in [0.4, 0.5) is 0 Å². The van der Waals surface area contributed by atoms with Crippen molar-refractivity contribution in [2.45, 2.75) is 13.5 Å². The average molecular weight is 304 g/mol. The molecule has 2 rings (SSSR count). The first-order valence-corrected chi connectivity index (χ1v) is 7.20. The maximum absolute atomic E-state index is 12.6. The van der Waals surface area contributed by atoms with E-state index in [1.807, 2.05) is 37.3 Å². The molecule has 2 aromatic carbocycles. The van der Waals surface area contributed by atoms with E-state index in [0.717, 1.165) is 11.1 Å². The predicted octanol–water partition coefficient (Wildman–Crippen LogP) is 3.28. The van der Waals surface area contributed by atoms with Crippen molar-refractivity contribution in [3.05, 3.63) is 70.2 Å². The third kappa shape index (κ3) is 4.06. The number of carbonyl (C=O) groups excluding carboxylic acids is 1. The van der Waals surface area contributed by atoms with Crippen LogP contribution in [0, 0.1) is 6.92 Å². The molecule has 110 valence electrons. The number of nitrogens with zero attached hydrogens (tertiary/aromatic N) is 1. The molecular weight excluding hydrogens is 286 g/mol. The molecule has 0 aliphatic heterocycles. The SMILES string of the molecule is Cc1cc(Cl)ccc1C(=O)N(CCO)Cc1ccccc1. The van der Waals surface area contributed by atoms with Gasteiger partial charge >= 0.3 is 0 Å². The fraction of sp³-hybridized carbons (Fsp3) is 0.235. The first-order valence-electron chi connectivity index (χ1n) is 6.82. The van der Waals surface area contributed by atoms with Crippen LogP contribution in [0.3, 0.4) is 0 Å². The molecule has 0 bridgehead atoms. The number of carbonyl (C=O) groups is 1. The number of aliphatic hydroxyl groups excluding tert-OH is 1. The van der Waals surface area contributed by atoms with Gasteiger partial charge < -0.3 is 10.0 Å². The van der Waals surface area contributed by atoms with E-state index in [9.17, 15) is 9.90 Å². The van der Waals surface area contributed by atoms with Gasteiger partial charge in [0.05, 0.1) is 6.61 Å². The van der Waals surface area contributed by atoms with Crippen LogP contribution in [0.5, 0.6) is 0 Å². The average Bonchev–Trinajstić information content (AvgIpc) is 2.47. The summed E-state index contributed by atoms with van der Waals surface area (Å²) >= 11 is 5.93. The third-order valence-corrected chi connectivity index (χ3v) is 3.53. The minimum absolute atomic E-state index is 0.0643. The monoisotopic (exact) mass is 303 g/mol. The molecule has 0 atom stereocenters. The minimum Gasteiger partial charge on any atom is -0.395 e.